The van der Waals surface area contributed by atoms with E-state index in [2.05, 4.69) is 32.8 Å². The second-order valence-corrected chi connectivity index (χ2v) is 9.99. The Hall–Kier alpha value is -2.07. The van der Waals surface area contributed by atoms with Gasteiger partial charge in [-0.1, -0.05) is 0 Å². The van der Waals surface area contributed by atoms with Crippen molar-refractivity contribution in [1.29, 1.82) is 0 Å². The van der Waals surface area contributed by atoms with E-state index in [0.29, 0.717) is 33.4 Å². The molecular weight excluding hydrogens is 497 g/mol. The highest BCUT2D eigenvalue weighted by Gasteiger charge is 2.27. The van der Waals surface area contributed by atoms with Crippen LogP contribution in [0.25, 0.3) is 10.9 Å². The summed E-state index contributed by atoms with van der Waals surface area (Å²) in [6, 6.07) is 7.93. The van der Waals surface area contributed by atoms with E-state index in [1.807, 2.05) is 11.6 Å². The van der Waals surface area contributed by atoms with Gasteiger partial charge < -0.3 is 19.7 Å². The molecule has 170 valence electrons. The highest BCUT2D eigenvalue weighted by atomic mass is 79.9. The Balaban J connectivity index is 1.77. The SMILES string of the molecule is CN1CCN(Cc2c(O)c(Br)cc3c2c(C(=O)O)c(CSc2ccc(F)cc2)n3C)CC1. The van der Waals surface area contributed by atoms with Crippen molar-refractivity contribution in [2.24, 2.45) is 7.05 Å². The quantitative estimate of drug-likeness (QED) is 0.464. The Morgan fingerprint density at radius 2 is 1.81 bits per heavy atom. The Labute approximate surface area is 198 Å². The topological polar surface area (TPSA) is 68.9 Å². The molecular formula is C23H25BrFN3O3S. The molecule has 0 unspecified atom stereocenters. The molecule has 0 bridgehead atoms. The lowest BCUT2D eigenvalue weighted by Crippen LogP contribution is -2.43. The van der Waals surface area contributed by atoms with Crippen molar-refractivity contribution in [3.63, 3.8) is 0 Å². The number of phenols is 1. The van der Waals surface area contributed by atoms with Crippen LogP contribution >= 0.6 is 27.7 Å². The number of nitrogens with zero attached hydrogens (tertiary/aromatic N) is 3. The summed E-state index contributed by atoms with van der Waals surface area (Å²) in [6.07, 6.45) is 0. The number of piperazine rings is 1. The number of phenolic OH excluding ortho intramolecular Hbond substituents is 1. The van der Waals surface area contributed by atoms with Gasteiger partial charge in [0.2, 0.25) is 0 Å². The number of aromatic hydroxyl groups is 1. The number of rotatable bonds is 6. The molecule has 3 aromatic rings. The van der Waals surface area contributed by atoms with Crippen LogP contribution in [0.5, 0.6) is 5.75 Å². The average molecular weight is 522 g/mol. The van der Waals surface area contributed by atoms with Gasteiger partial charge in [-0.05, 0) is 53.3 Å². The number of fused-ring (bicyclic) bond motifs is 1. The van der Waals surface area contributed by atoms with Crippen LogP contribution in [-0.4, -0.2) is 63.8 Å². The maximum absolute atomic E-state index is 13.2. The van der Waals surface area contributed by atoms with Crippen molar-refractivity contribution >= 4 is 44.6 Å². The van der Waals surface area contributed by atoms with Crippen molar-refractivity contribution in [1.82, 2.24) is 14.4 Å². The Bertz CT molecular complexity index is 1160. The number of hydrogen-bond acceptors (Lipinski definition) is 5. The molecule has 4 rings (SSSR count). The number of halogens is 2. The Kier molecular flexibility index (Phi) is 6.80. The predicted molar refractivity (Wildman–Crippen MR) is 128 cm³/mol. The van der Waals surface area contributed by atoms with Gasteiger partial charge in [-0.2, -0.15) is 0 Å². The molecule has 0 atom stereocenters. The third-order valence-corrected chi connectivity index (χ3v) is 7.65. The summed E-state index contributed by atoms with van der Waals surface area (Å²) in [5.74, 6) is -0.835. The highest BCUT2D eigenvalue weighted by molar-refractivity contribution is 9.10. The van der Waals surface area contributed by atoms with Gasteiger partial charge in [-0.25, -0.2) is 9.18 Å². The van der Waals surface area contributed by atoms with Crippen LogP contribution < -0.4 is 0 Å². The lowest BCUT2D eigenvalue weighted by atomic mass is 10.0. The summed E-state index contributed by atoms with van der Waals surface area (Å²) >= 11 is 4.90. The molecule has 6 nitrogen and oxygen atoms in total. The van der Waals surface area contributed by atoms with Gasteiger partial charge in [-0.15, -0.1) is 11.8 Å². The first-order valence-corrected chi connectivity index (χ1v) is 12.1. The molecule has 1 fully saturated rings. The van der Waals surface area contributed by atoms with Crippen molar-refractivity contribution in [3.05, 3.63) is 57.4 Å². The number of aryl methyl sites for hydroxylation is 1. The summed E-state index contributed by atoms with van der Waals surface area (Å²) in [5, 5.41) is 21.6. The number of aromatic nitrogens is 1. The third-order valence-electron chi connectivity index (χ3n) is 6.02. The molecule has 1 aliphatic heterocycles. The number of carbonyl (C=O) groups is 1. The Morgan fingerprint density at radius 3 is 2.44 bits per heavy atom. The second kappa shape index (κ2) is 9.43. The number of benzene rings is 2. The number of thioether (sulfide) groups is 1. The Morgan fingerprint density at radius 1 is 1.16 bits per heavy atom. The maximum atomic E-state index is 13.2. The van der Waals surface area contributed by atoms with E-state index in [0.717, 1.165) is 36.6 Å². The minimum absolute atomic E-state index is 0.0854. The predicted octanol–water partition coefficient (Wildman–Crippen LogP) is 4.52. The first-order valence-electron chi connectivity index (χ1n) is 10.3. The molecule has 1 aromatic heterocycles. The number of likely N-dealkylation sites (N-methyl/N-ethyl adjacent to an activating group) is 1. The van der Waals surface area contributed by atoms with Crippen molar-refractivity contribution < 1.29 is 19.4 Å². The minimum Gasteiger partial charge on any atom is -0.506 e. The molecule has 2 N–H and O–H groups in total. The van der Waals surface area contributed by atoms with Gasteiger partial charge in [0, 0.05) is 67.1 Å². The van der Waals surface area contributed by atoms with E-state index < -0.39 is 5.97 Å². The number of hydrogen-bond donors (Lipinski definition) is 2. The smallest absolute Gasteiger partial charge is 0.338 e. The van der Waals surface area contributed by atoms with Gasteiger partial charge in [0.25, 0.3) is 0 Å². The zero-order chi connectivity index (χ0) is 23.0. The lowest BCUT2D eigenvalue weighted by molar-refractivity contribution is 0.0697. The van der Waals surface area contributed by atoms with Gasteiger partial charge >= 0.3 is 5.97 Å². The standard InChI is InChI=1S/C23H25BrFN3O3S/c1-26-7-9-28(10-8-26)12-16-20-18(11-17(24)22(16)29)27(2)19(21(20)23(30)31)13-32-15-5-3-14(25)4-6-15/h3-6,11,29H,7-10,12-13H2,1-2H3,(H,30,31). The van der Waals surface area contributed by atoms with Gasteiger partial charge in [0.1, 0.15) is 11.6 Å². The monoisotopic (exact) mass is 521 g/mol. The largest absolute Gasteiger partial charge is 0.506 e. The van der Waals surface area contributed by atoms with Crippen molar-refractivity contribution in [3.8, 4) is 5.75 Å². The number of carboxylic acids is 1. The first-order chi connectivity index (χ1) is 15.3. The van der Waals surface area contributed by atoms with E-state index in [9.17, 15) is 19.4 Å². The van der Waals surface area contributed by atoms with Crippen molar-refractivity contribution in [2.45, 2.75) is 17.2 Å². The second-order valence-electron chi connectivity index (χ2n) is 8.09. The zero-order valence-corrected chi connectivity index (χ0v) is 20.3. The highest BCUT2D eigenvalue weighted by Crippen LogP contribution is 2.41. The normalized spacial score (nSPS) is 15.5. The molecule has 0 radical (unpaired) electrons. The van der Waals surface area contributed by atoms with Gasteiger partial charge in [-0.3, -0.25) is 4.90 Å². The summed E-state index contributed by atoms with van der Waals surface area (Å²) in [5.41, 5.74) is 2.25. The molecule has 9 heteroatoms. The van der Waals surface area contributed by atoms with Crippen molar-refractivity contribution in [2.75, 3.05) is 33.2 Å². The molecule has 2 heterocycles. The van der Waals surface area contributed by atoms with E-state index in [1.165, 1.54) is 23.9 Å². The van der Waals surface area contributed by atoms with Crippen LogP contribution in [0.1, 0.15) is 21.6 Å². The van der Waals surface area contributed by atoms with Gasteiger partial charge in [0.15, 0.2) is 0 Å². The van der Waals surface area contributed by atoms with Gasteiger partial charge in [0.05, 0.1) is 15.6 Å². The molecule has 0 amide bonds. The van der Waals surface area contributed by atoms with E-state index in [4.69, 9.17) is 0 Å². The molecule has 0 saturated carbocycles. The fraction of sp³-hybridized carbons (Fsp3) is 0.348. The fourth-order valence-corrected chi connectivity index (χ4v) is 5.57. The molecule has 2 aromatic carbocycles. The van der Waals surface area contributed by atoms with E-state index in [-0.39, 0.29) is 17.1 Å². The number of aromatic carboxylic acids is 1. The van der Waals surface area contributed by atoms with E-state index >= 15 is 0 Å². The van der Waals surface area contributed by atoms with Crippen LogP contribution in [-0.2, 0) is 19.3 Å². The van der Waals surface area contributed by atoms with Crippen LogP contribution in [0, 0.1) is 5.82 Å². The summed E-state index contributed by atoms with van der Waals surface area (Å²) in [7, 11) is 3.93. The third kappa shape index (κ3) is 4.52. The summed E-state index contributed by atoms with van der Waals surface area (Å²) < 4.78 is 15.7. The lowest BCUT2D eigenvalue weighted by Gasteiger charge is -2.32. The maximum Gasteiger partial charge on any atom is 0.338 e. The minimum atomic E-state index is -1.02. The molecule has 0 aliphatic carbocycles. The molecule has 32 heavy (non-hydrogen) atoms. The number of carboxylic acid groups (broad SMARTS) is 1. The zero-order valence-electron chi connectivity index (χ0n) is 17.9. The molecule has 1 aliphatic rings. The fourth-order valence-electron chi connectivity index (χ4n) is 4.14. The average Bonchev–Trinajstić information content (AvgIpc) is 3.04. The molecule has 0 spiro atoms. The summed E-state index contributed by atoms with van der Waals surface area (Å²) in [6.45, 7) is 4.04. The first kappa shape index (κ1) is 23.1. The van der Waals surface area contributed by atoms with Crippen LogP contribution in [0.2, 0.25) is 0 Å². The van der Waals surface area contributed by atoms with Crippen LogP contribution in [0.15, 0.2) is 39.7 Å². The van der Waals surface area contributed by atoms with Crippen LogP contribution in [0.3, 0.4) is 0 Å². The molecule has 1 saturated heterocycles. The summed E-state index contributed by atoms with van der Waals surface area (Å²) in [4.78, 5) is 17.8. The van der Waals surface area contributed by atoms with E-state index in [1.54, 1.807) is 18.2 Å². The van der Waals surface area contributed by atoms with Crippen LogP contribution in [0.4, 0.5) is 4.39 Å².